The second-order valence-electron chi connectivity index (χ2n) is 3.82. The SMILES string of the molecule is Cc1ncccc1Nc1ccc(C(N)=S)c(F)c1. The van der Waals surface area contributed by atoms with E-state index >= 15 is 0 Å². The summed E-state index contributed by atoms with van der Waals surface area (Å²) in [6, 6.07) is 8.34. The van der Waals surface area contributed by atoms with Crippen LogP contribution < -0.4 is 11.1 Å². The van der Waals surface area contributed by atoms with Crippen LogP contribution in [0.5, 0.6) is 0 Å². The number of halogens is 1. The predicted octanol–water partition coefficient (Wildman–Crippen LogP) is 2.91. The van der Waals surface area contributed by atoms with Crippen molar-refractivity contribution in [3.8, 4) is 0 Å². The van der Waals surface area contributed by atoms with Gasteiger partial charge in [0.05, 0.1) is 11.4 Å². The third-order valence-electron chi connectivity index (χ3n) is 2.52. The lowest BCUT2D eigenvalue weighted by molar-refractivity contribution is 0.626. The van der Waals surface area contributed by atoms with E-state index in [1.54, 1.807) is 18.3 Å². The highest BCUT2D eigenvalue weighted by atomic mass is 32.1. The van der Waals surface area contributed by atoms with Crippen LogP contribution in [-0.2, 0) is 0 Å². The van der Waals surface area contributed by atoms with Gasteiger partial charge in [-0.15, -0.1) is 0 Å². The first-order chi connectivity index (χ1) is 8.58. The van der Waals surface area contributed by atoms with Crippen LogP contribution in [0.3, 0.4) is 0 Å². The maximum atomic E-state index is 13.7. The number of aromatic nitrogens is 1. The molecule has 0 bridgehead atoms. The summed E-state index contributed by atoms with van der Waals surface area (Å²) in [4.78, 5) is 4.20. The number of thiocarbonyl (C=S) groups is 1. The van der Waals surface area contributed by atoms with Crippen molar-refractivity contribution in [1.29, 1.82) is 0 Å². The van der Waals surface area contributed by atoms with Crippen molar-refractivity contribution in [1.82, 2.24) is 4.98 Å². The van der Waals surface area contributed by atoms with E-state index < -0.39 is 5.82 Å². The number of anilines is 2. The van der Waals surface area contributed by atoms with Crippen molar-refractivity contribution in [2.75, 3.05) is 5.32 Å². The van der Waals surface area contributed by atoms with Gasteiger partial charge >= 0.3 is 0 Å². The van der Waals surface area contributed by atoms with Crippen molar-refractivity contribution in [3.05, 3.63) is 53.6 Å². The van der Waals surface area contributed by atoms with Gasteiger partial charge in [0.2, 0.25) is 0 Å². The Kier molecular flexibility index (Phi) is 3.53. The lowest BCUT2D eigenvalue weighted by Crippen LogP contribution is -2.11. The summed E-state index contributed by atoms with van der Waals surface area (Å²) in [5.74, 6) is -0.436. The minimum atomic E-state index is -0.436. The number of nitrogens with zero attached hydrogens (tertiary/aromatic N) is 1. The molecule has 0 radical (unpaired) electrons. The summed E-state index contributed by atoms with van der Waals surface area (Å²) < 4.78 is 13.7. The molecule has 1 aromatic heterocycles. The van der Waals surface area contributed by atoms with Crippen LogP contribution in [0.15, 0.2) is 36.5 Å². The van der Waals surface area contributed by atoms with E-state index in [0.29, 0.717) is 5.69 Å². The molecule has 0 saturated heterocycles. The molecule has 3 nitrogen and oxygen atoms in total. The normalized spacial score (nSPS) is 10.1. The number of hydrogen-bond donors (Lipinski definition) is 2. The Bertz CT molecular complexity index is 599. The molecule has 0 spiro atoms. The fourth-order valence-electron chi connectivity index (χ4n) is 1.56. The zero-order valence-corrected chi connectivity index (χ0v) is 10.6. The van der Waals surface area contributed by atoms with E-state index in [9.17, 15) is 4.39 Å². The number of nitrogens with two attached hydrogens (primary N) is 1. The molecule has 3 N–H and O–H groups in total. The largest absolute Gasteiger partial charge is 0.389 e. The molecule has 5 heteroatoms. The maximum absolute atomic E-state index is 13.7. The van der Waals surface area contributed by atoms with Gasteiger partial charge in [0.1, 0.15) is 10.8 Å². The van der Waals surface area contributed by atoms with Gasteiger partial charge in [-0.25, -0.2) is 4.39 Å². The summed E-state index contributed by atoms with van der Waals surface area (Å²) in [5.41, 5.74) is 7.96. The van der Waals surface area contributed by atoms with Crippen molar-refractivity contribution in [3.63, 3.8) is 0 Å². The maximum Gasteiger partial charge on any atom is 0.135 e. The first-order valence-electron chi connectivity index (χ1n) is 5.36. The second kappa shape index (κ2) is 5.10. The fourth-order valence-corrected chi connectivity index (χ4v) is 1.73. The van der Waals surface area contributed by atoms with E-state index in [2.05, 4.69) is 10.3 Å². The molecule has 0 aliphatic heterocycles. The smallest absolute Gasteiger partial charge is 0.135 e. The number of benzene rings is 1. The highest BCUT2D eigenvalue weighted by molar-refractivity contribution is 7.80. The molecule has 2 rings (SSSR count). The number of pyridine rings is 1. The molecule has 1 heterocycles. The first kappa shape index (κ1) is 12.4. The monoisotopic (exact) mass is 261 g/mol. The van der Waals surface area contributed by atoms with Crippen LogP contribution >= 0.6 is 12.2 Å². The van der Waals surface area contributed by atoms with E-state index in [0.717, 1.165) is 11.4 Å². The molecule has 2 aromatic rings. The van der Waals surface area contributed by atoms with Gasteiger partial charge in [0.15, 0.2) is 0 Å². The Morgan fingerprint density at radius 3 is 2.78 bits per heavy atom. The highest BCUT2D eigenvalue weighted by Crippen LogP contribution is 2.20. The molecule has 0 saturated carbocycles. The average molecular weight is 261 g/mol. The molecule has 92 valence electrons. The molecule has 1 aromatic carbocycles. The van der Waals surface area contributed by atoms with Crippen LogP contribution in [0.4, 0.5) is 15.8 Å². The third-order valence-corrected chi connectivity index (χ3v) is 2.74. The van der Waals surface area contributed by atoms with Gasteiger partial charge in [-0.3, -0.25) is 4.98 Å². The Morgan fingerprint density at radius 1 is 1.39 bits per heavy atom. The Balaban J connectivity index is 2.29. The van der Waals surface area contributed by atoms with Gasteiger partial charge in [0, 0.05) is 17.4 Å². The molecule has 18 heavy (non-hydrogen) atoms. The fraction of sp³-hybridized carbons (Fsp3) is 0.0769. The van der Waals surface area contributed by atoms with Gasteiger partial charge in [-0.1, -0.05) is 12.2 Å². The Hall–Kier alpha value is -2.01. The van der Waals surface area contributed by atoms with Crippen molar-refractivity contribution in [2.45, 2.75) is 6.92 Å². The molecule has 0 aliphatic carbocycles. The quantitative estimate of drug-likeness (QED) is 0.834. The second-order valence-corrected chi connectivity index (χ2v) is 4.26. The first-order valence-corrected chi connectivity index (χ1v) is 5.77. The van der Waals surface area contributed by atoms with Gasteiger partial charge in [-0.05, 0) is 37.3 Å². The summed E-state index contributed by atoms with van der Waals surface area (Å²) >= 11 is 4.75. The zero-order chi connectivity index (χ0) is 13.1. The summed E-state index contributed by atoms with van der Waals surface area (Å²) in [6.45, 7) is 1.88. The number of hydrogen-bond acceptors (Lipinski definition) is 3. The zero-order valence-electron chi connectivity index (χ0n) is 9.77. The van der Waals surface area contributed by atoms with Gasteiger partial charge in [-0.2, -0.15) is 0 Å². The predicted molar refractivity (Wildman–Crippen MR) is 74.5 cm³/mol. The minimum Gasteiger partial charge on any atom is -0.389 e. The van der Waals surface area contributed by atoms with Crippen LogP contribution in [0.1, 0.15) is 11.3 Å². The number of rotatable bonds is 3. The van der Waals surface area contributed by atoms with E-state index in [1.807, 2.05) is 19.1 Å². The number of aryl methyl sites for hydroxylation is 1. The third kappa shape index (κ3) is 2.62. The minimum absolute atomic E-state index is 0.0524. The van der Waals surface area contributed by atoms with Crippen molar-refractivity contribution < 1.29 is 4.39 Å². The highest BCUT2D eigenvalue weighted by Gasteiger charge is 2.06. The molecule has 0 amide bonds. The van der Waals surface area contributed by atoms with E-state index in [-0.39, 0.29) is 10.6 Å². The summed E-state index contributed by atoms with van der Waals surface area (Å²) in [5, 5.41) is 3.09. The van der Waals surface area contributed by atoms with E-state index in [4.69, 9.17) is 18.0 Å². The van der Waals surface area contributed by atoms with Crippen LogP contribution in [0.25, 0.3) is 0 Å². The van der Waals surface area contributed by atoms with Crippen molar-refractivity contribution in [2.24, 2.45) is 5.73 Å². The lowest BCUT2D eigenvalue weighted by Gasteiger charge is -2.09. The summed E-state index contributed by atoms with van der Waals surface area (Å²) in [7, 11) is 0. The van der Waals surface area contributed by atoms with Crippen LogP contribution in [-0.4, -0.2) is 9.97 Å². The molecule has 0 aliphatic rings. The molecular formula is C13H12FN3S. The topological polar surface area (TPSA) is 50.9 Å². The van der Waals surface area contributed by atoms with Crippen molar-refractivity contribution >= 4 is 28.6 Å². The Morgan fingerprint density at radius 2 is 2.17 bits per heavy atom. The van der Waals surface area contributed by atoms with Gasteiger partial charge < -0.3 is 11.1 Å². The standard InChI is InChI=1S/C13H12FN3S/c1-8-12(3-2-6-16-8)17-9-4-5-10(13(15)18)11(14)7-9/h2-7,17H,1H3,(H2,15,18). The molecule has 0 unspecified atom stereocenters. The average Bonchev–Trinajstić information content (AvgIpc) is 2.32. The Labute approximate surface area is 110 Å². The molecule has 0 fully saturated rings. The van der Waals surface area contributed by atoms with Crippen LogP contribution in [0, 0.1) is 12.7 Å². The van der Waals surface area contributed by atoms with E-state index in [1.165, 1.54) is 6.07 Å². The number of nitrogens with one attached hydrogen (secondary N) is 1. The molecular weight excluding hydrogens is 249 g/mol. The molecule has 0 atom stereocenters. The van der Waals surface area contributed by atoms with Gasteiger partial charge in [0.25, 0.3) is 0 Å². The lowest BCUT2D eigenvalue weighted by atomic mass is 10.2. The van der Waals surface area contributed by atoms with Crippen LogP contribution in [0.2, 0.25) is 0 Å². The summed E-state index contributed by atoms with van der Waals surface area (Å²) in [6.07, 6.45) is 1.71.